The van der Waals surface area contributed by atoms with Crippen molar-refractivity contribution in [3.05, 3.63) is 18.6 Å². The molecule has 5 nitrogen and oxygen atoms in total. The summed E-state index contributed by atoms with van der Waals surface area (Å²) in [5, 5.41) is 3.07. The van der Waals surface area contributed by atoms with Crippen LogP contribution in [0.2, 0.25) is 0 Å². The molecule has 2 rings (SSSR count). The molecule has 1 fully saturated rings. The average Bonchev–Trinajstić information content (AvgIpc) is 2.48. The lowest BCUT2D eigenvalue weighted by atomic mass is 9.96. The van der Waals surface area contributed by atoms with Gasteiger partial charge in [0.1, 0.15) is 5.82 Å². The zero-order valence-corrected chi connectivity index (χ0v) is 11.7. The molecule has 5 heteroatoms. The van der Waals surface area contributed by atoms with Gasteiger partial charge in [-0.15, -0.1) is 0 Å². The Morgan fingerprint density at radius 2 is 2.42 bits per heavy atom. The van der Waals surface area contributed by atoms with E-state index >= 15 is 0 Å². The van der Waals surface area contributed by atoms with Gasteiger partial charge in [0.05, 0.1) is 12.1 Å². The van der Waals surface area contributed by atoms with Crippen LogP contribution >= 0.6 is 0 Å². The second kappa shape index (κ2) is 6.50. The van der Waals surface area contributed by atoms with Gasteiger partial charge in [-0.3, -0.25) is 9.78 Å². The van der Waals surface area contributed by atoms with Crippen LogP contribution in [0.15, 0.2) is 18.6 Å². The van der Waals surface area contributed by atoms with Crippen LogP contribution in [0.5, 0.6) is 0 Å². The molecule has 0 bridgehead atoms. The van der Waals surface area contributed by atoms with E-state index in [-0.39, 0.29) is 17.9 Å². The van der Waals surface area contributed by atoms with Crippen molar-refractivity contribution in [2.24, 2.45) is 5.92 Å². The molecule has 1 saturated heterocycles. The largest absolute Gasteiger partial charge is 0.355 e. The Morgan fingerprint density at radius 3 is 3.11 bits per heavy atom. The van der Waals surface area contributed by atoms with Crippen LogP contribution < -0.4 is 10.2 Å². The number of amides is 1. The third-order valence-electron chi connectivity index (χ3n) is 3.67. The fraction of sp³-hybridized carbons (Fsp3) is 0.643. The SMILES string of the molecule is CC[C@H](C)NC(=O)[C@@H]1CCCN(c2cnccn2)C1. The Labute approximate surface area is 114 Å². The summed E-state index contributed by atoms with van der Waals surface area (Å²) in [6.45, 7) is 5.81. The number of hydrogen-bond acceptors (Lipinski definition) is 4. The lowest BCUT2D eigenvalue weighted by Gasteiger charge is -2.33. The molecule has 0 radical (unpaired) electrons. The molecule has 2 heterocycles. The van der Waals surface area contributed by atoms with E-state index in [1.165, 1.54) is 0 Å². The number of piperidine rings is 1. The number of carbonyl (C=O) groups excluding carboxylic acids is 1. The number of nitrogens with zero attached hydrogens (tertiary/aromatic N) is 3. The van der Waals surface area contributed by atoms with Crippen LogP contribution in [0, 0.1) is 5.92 Å². The Hall–Kier alpha value is -1.65. The van der Waals surface area contributed by atoms with Gasteiger partial charge in [-0.05, 0) is 26.2 Å². The molecule has 0 aromatic carbocycles. The molecule has 0 spiro atoms. The van der Waals surface area contributed by atoms with Gasteiger partial charge in [-0.1, -0.05) is 6.92 Å². The number of nitrogens with one attached hydrogen (secondary N) is 1. The maximum Gasteiger partial charge on any atom is 0.225 e. The predicted octanol–water partition coefficient (Wildman–Crippen LogP) is 1.61. The van der Waals surface area contributed by atoms with Gasteiger partial charge in [0.25, 0.3) is 0 Å². The lowest BCUT2D eigenvalue weighted by Crippen LogP contribution is -2.45. The second-order valence-electron chi connectivity index (χ2n) is 5.17. The normalized spacial score (nSPS) is 20.9. The fourth-order valence-electron chi connectivity index (χ4n) is 2.32. The Morgan fingerprint density at radius 1 is 1.58 bits per heavy atom. The van der Waals surface area contributed by atoms with Crippen LogP contribution in [-0.4, -0.2) is 35.0 Å². The van der Waals surface area contributed by atoms with Crippen LogP contribution in [0.25, 0.3) is 0 Å². The molecule has 1 aromatic heterocycles. The number of anilines is 1. The van der Waals surface area contributed by atoms with Crippen LogP contribution in [0.1, 0.15) is 33.1 Å². The Balaban J connectivity index is 1.95. The van der Waals surface area contributed by atoms with Gasteiger partial charge in [0.15, 0.2) is 0 Å². The van der Waals surface area contributed by atoms with E-state index in [2.05, 4.69) is 27.1 Å². The minimum Gasteiger partial charge on any atom is -0.355 e. The highest BCUT2D eigenvalue weighted by Gasteiger charge is 2.26. The van der Waals surface area contributed by atoms with Crippen LogP contribution in [-0.2, 0) is 4.79 Å². The van der Waals surface area contributed by atoms with Gasteiger partial charge in [-0.2, -0.15) is 0 Å². The highest BCUT2D eigenvalue weighted by Crippen LogP contribution is 2.21. The molecule has 1 aromatic rings. The van der Waals surface area contributed by atoms with Crippen molar-refractivity contribution in [1.29, 1.82) is 0 Å². The lowest BCUT2D eigenvalue weighted by molar-refractivity contribution is -0.125. The second-order valence-corrected chi connectivity index (χ2v) is 5.17. The van der Waals surface area contributed by atoms with Crippen molar-refractivity contribution in [2.75, 3.05) is 18.0 Å². The van der Waals surface area contributed by atoms with Gasteiger partial charge in [-0.25, -0.2) is 4.98 Å². The molecule has 19 heavy (non-hydrogen) atoms. The Kier molecular flexibility index (Phi) is 4.71. The minimum absolute atomic E-state index is 0.0600. The molecular formula is C14H22N4O. The van der Waals surface area contributed by atoms with Crippen LogP contribution in [0.3, 0.4) is 0 Å². The summed E-state index contributed by atoms with van der Waals surface area (Å²) in [5.74, 6) is 1.09. The molecule has 2 atom stereocenters. The first-order valence-electron chi connectivity index (χ1n) is 7.02. The third-order valence-corrected chi connectivity index (χ3v) is 3.67. The predicted molar refractivity (Wildman–Crippen MR) is 74.9 cm³/mol. The maximum absolute atomic E-state index is 12.2. The topological polar surface area (TPSA) is 58.1 Å². The van der Waals surface area contributed by atoms with Crippen molar-refractivity contribution >= 4 is 11.7 Å². The van der Waals surface area contributed by atoms with Crippen molar-refractivity contribution in [3.8, 4) is 0 Å². The van der Waals surface area contributed by atoms with E-state index < -0.39 is 0 Å². The van der Waals surface area contributed by atoms with E-state index in [0.29, 0.717) is 0 Å². The van der Waals surface area contributed by atoms with E-state index in [4.69, 9.17) is 0 Å². The first-order valence-corrected chi connectivity index (χ1v) is 7.02. The zero-order valence-electron chi connectivity index (χ0n) is 11.7. The van der Waals surface area contributed by atoms with Gasteiger partial charge >= 0.3 is 0 Å². The molecule has 1 aliphatic heterocycles. The highest BCUT2D eigenvalue weighted by molar-refractivity contribution is 5.79. The zero-order chi connectivity index (χ0) is 13.7. The first kappa shape index (κ1) is 13.8. The molecule has 0 saturated carbocycles. The highest BCUT2D eigenvalue weighted by atomic mass is 16.2. The average molecular weight is 262 g/mol. The van der Waals surface area contributed by atoms with E-state index in [0.717, 1.165) is 38.2 Å². The number of aromatic nitrogens is 2. The molecule has 1 amide bonds. The van der Waals surface area contributed by atoms with Gasteiger partial charge in [0, 0.05) is 31.5 Å². The van der Waals surface area contributed by atoms with Crippen molar-refractivity contribution in [2.45, 2.75) is 39.2 Å². The van der Waals surface area contributed by atoms with Crippen molar-refractivity contribution < 1.29 is 4.79 Å². The summed E-state index contributed by atoms with van der Waals surface area (Å²) < 4.78 is 0. The fourth-order valence-corrected chi connectivity index (χ4v) is 2.32. The third kappa shape index (κ3) is 3.66. The molecule has 0 aliphatic carbocycles. The summed E-state index contributed by atoms with van der Waals surface area (Å²) in [6, 6.07) is 0.249. The molecule has 1 aliphatic rings. The smallest absolute Gasteiger partial charge is 0.225 e. The standard InChI is InChI=1S/C14H22N4O/c1-3-11(2)17-14(19)12-5-4-8-18(10-12)13-9-15-6-7-16-13/h6-7,9,11-12H,3-5,8,10H2,1-2H3,(H,17,19)/t11-,12+/m0/s1. The summed E-state index contributed by atoms with van der Waals surface area (Å²) in [4.78, 5) is 22.7. The van der Waals surface area contributed by atoms with Crippen LogP contribution in [0.4, 0.5) is 5.82 Å². The monoisotopic (exact) mass is 262 g/mol. The molecule has 104 valence electrons. The Bertz CT molecular complexity index is 409. The summed E-state index contributed by atoms with van der Waals surface area (Å²) in [6.07, 6.45) is 8.06. The quantitative estimate of drug-likeness (QED) is 0.895. The van der Waals surface area contributed by atoms with Gasteiger partial charge in [0.2, 0.25) is 5.91 Å². The number of hydrogen-bond donors (Lipinski definition) is 1. The molecular weight excluding hydrogens is 240 g/mol. The number of carbonyl (C=O) groups is 1. The van der Waals surface area contributed by atoms with E-state index in [1.54, 1.807) is 18.6 Å². The maximum atomic E-state index is 12.2. The first-order chi connectivity index (χ1) is 9.20. The molecule has 0 unspecified atom stereocenters. The summed E-state index contributed by atoms with van der Waals surface area (Å²) >= 11 is 0. The number of rotatable bonds is 4. The summed E-state index contributed by atoms with van der Waals surface area (Å²) in [5.41, 5.74) is 0. The van der Waals surface area contributed by atoms with E-state index in [9.17, 15) is 4.79 Å². The van der Waals surface area contributed by atoms with Gasteiger partial charge < -0.3 is 10.2 Å². The molecule has 1 N–H and O–H groups in total. The summed E-state index contributed by atoms with van der Waals surface area (Å²) in [7, 11) is 0. The van der Waals surface area contributed by atoms with E-state index in [1.807, 2.05) is 6.92 Å². The van der Waals surface area contributed by atoms with Crippen molar-refractivity contribution in [3.63, 3.8) is 0 Å². The minimum atomic E-state index is 0.0600. The van der Waals surface area contributed by atoms with Crippen molar-refractivity contribution in [1.82, 2.24) is 15.3 Å².